The fourth-order valence-electron chi connectivity index (χ4n) is 3.75. The van der Waals surface area contributed by atoms with E-state index in [1.165, 1.54) is 13.3 Å². The minimum Gasteiger partial charge on any atom is -0.439 e. The Morgan fingerprint density at radius 2 is 1.96 bits per heavy atom. The molecule has 0 spiro atoms. The third-order valence-electron chi connectivity index (χ3n) is 4.98. The standard InChI is InChI=1S/C20H22N4O3/c1-12(25)21-18-3-2-4-19(24-18)27-15-8-5-13(6-9-15)20(26)23-17-11-14-7-10-16(17)22-14/h2-6,8-9,14,16-17,22H,7,10-11H2,1H3,(H,23,26)(H,21,24,25)/t14-,16+,17-/m1/s1. The van der Waals surface area contributed by atoms with Crippen molar-refractivity contribution in [3.8, 4) is 11.6 Å². The van der Waals surface area contributed by atoms with Crippen molar-refractivity contribution < 1.29 is 14.3 Å². The second kappa shape index (κ2) is 7.36. The van der Waals surface area contributed by atoms with Crippen LogP contribution in [0.15, 0.2) is 42.5 Å². The predicted molar refractivity (Wildman–Crippen MR) is 101 cm³/mol. The molecule has 1 aromatic carbocycles. The first-order valence-electron chi connectivity index (χ1n) is 9.16. The van der Waals surface area contributed by atoms with E-state index in [0.717, 1.165) is 12.8 Å². The van der Waals surface area contributed by atoms with E-state index >= 15 is 0 Å². The van der Waals surface area contributed by atoms with Gasteiger partial charge in [-0.3, -0.25) is 9.59 Å². The first-order chi connectivity index (χ1) is 13.1. The van der Waals surface area contributed by atoms with E-state index in [2.05, 4.69) is 20.9 Å². The van der Waals surface area contributed by atoms with Crippen LogP contribution in [0.4, 0.5) is 5.82 Å². The maximum atomic E-state index is 12.5. The molecule has 2 amide bonds. The Labute approximate surface area is 157 Å². The van der Waals surface area contributed by atoms with Crippen LogP contribution in [0.1, 0.15) is 36.5 Å². The molecule has 3 atom stereocenters. The quantitative estimate of drug-likeness (QED) is 0.756. The molecule has 2 fully saturated rings. The molecule has 7 heteroatoms. The second-order valence-corrected chi connectivity index (χ2v) is 7.03. The Morgan fingerprint density at radius 1 is 1.15 bits per heavy atom. The van der Waals surface area contributed by atoms with Gasteiger partial charge in [0.25, 0.3) is 5.91 Å². The van der Waals surface area contributed by atoms with Gasteiger partial charge in [-0.05, 0) is 49.6 Å². The number of carbonyl (C=O) groups excluding carboxylic acids is 2. The number of nitrogens with zero attached hydrogens (tertiary/aromatic N) is 1. The van der Waals surface area contributed by atoms with Crippen molar-refractivity contribution in [3.63, 3.8) is 0 Å². The average Bonchev–Trinajstić information content (AvgIpc) is 3.25. The van der Waals surface area contributed by atoms with Crippen LogP contribution >= 0.6 is 0 Å². The number of hydrogen-bond donors (Lipinski definition) is 3. The number of rotatable bonds is 5. The van der Waals surface area contributed by atoms with Gasteiger partial charge in [0.05, 0.1) is 0 Å². The van der Waals surface area contributed by atoms with E-state index in [9.17, 15) is 9.59 Å². The van der Waals surface area contributed by atoms with Crippen LogP contribution < -0.4 is 20.7 Å². The molecular weight excluding hydrogens is 344 g/mol. The van der Waals surface area contributed by atoms with E-state index in [1.807, 2.05) is 0 Å². The normalized spacial score (nSPS) is 23.1. The zero-order valence-corrected chi connectivity index (χ0v) is 15.1. The molecule has 0 unspecified atom stereocenters. The topological polar surface area (TPSA) is 92.3 Å². The third kappa shape index (κ3) is 4.09. The molecule has 2 aromatic rings. The zero-order chi connectivity index (χ0) is 18.8. The maximum Gasteiger partial charge on any atom is 0.251 e. The SMILES string of the molecule is CC(=O)Nc1cccc(Oc2ccc(C(=O)N[C@@H]3C[C@H]4CC[C@@H]3N4)cc2)n1. The molecule has 4 rings (SSSR count). The number of ether oxygens (including phenoxy) is 1. The van der Waals surface area contributed by atoms with Gasteiger partial charge in [0.2, 0.25) is 11.8 Å². The summed E-state index contributed by atoms with van der Waals surface area (Å²) in [6.45, 7) is 1.42. The zero-order valence-electron chi connectivity index (χ0n) is 15.1. The lowest BCUT2D eigenvalue weighted by molar-refractivity contribution is -0.114. The molecule has 2 aliphatic heterocycles. The summed E-state index contributed by atoms with van der Waals surface area (Å²) in [6, 6.07) is 13.3. The summed E-state index contributed by atoms with van der Waals surface area (Å²) in [5, 5.41) is 9.26. The van der Waals surface area contributed by atoms with E-state index in [4.69, 9.17) is 4.74 Å². The van der Waals surface area contributed by atoms with Gasteiger partial charge in [-0.2, -0.15) is 4.98 Å². The average molecular weight is 366 g/mol. The van der Waals surface area contributed by atoms with Gasteiger partial charge in [0, 0.05) is 36.7 Å². The van der Waals surface area contributed by atoms with Crippen molar-refractivity contribution in [1.82, 2.24) is 15.6 Å². The van der Waals surface area contributed by atoms with Gasteiger partial charge in [-0.1, -0.05) is 6.07 Å². The summed E-state index contributed by atoms with van der Waals surface area (Å²) in [4.78, 5) is 27.8. The van der Waals surface area contributed by atoms with Crippen molar-refractivity contribution in [1.29, 1.82) is 0 Å². The molecular formula is C20H22N4O3. The maximum absolute atomic E-state index is 12.5. The van der Waals surface area contributed by atoms with E-state index in [1.54, 1.807) is 42.5 Å². The highest BCUT2D eigenvalue weighted by molar-refractivity contribution is 5.94. The molecule has 0 saturated carbocycles. The van der Waals surface area contributed by atoms with Crippen molar-refractivity contribution in [3.05, 3.63) is 48.0 Å². The first kappa shape index (κ1) is 17.5. The summed E-state index contributed by atoms with van der Waals surface area (Å²) in [5.74, 6) is 1.11. The summed E-state index contributed by atoms with van der Waals surface area (Å²) in [5.41, 5.74) is 0.602. The minimum atomic E-state index is -0.194. The number of aromatic nitrogens is 1. The minimum absolute atomic E-state index is 0.0633. The van der Waals surface area contributed by atoms with Gasteiger partial charge in [0.15, 0.2) is 0 Å². The molecule has 2 saturated heterocycles. The van der Waals surface area contributed by atoms with Crippen LogP contribution in [0.3, 0.4) is 0 Å². The Balaban J connectivity index is 1.37. The van der Waals surface area contributed by atoms with Crippen LogP contribution in [0.2, 0.25) is 0 Å². The number of anilines is 1. The van der Waals surface area contributed by atoms with Crippen LogP contribution in [0.25, 0.3) is 0 Å². The summed E-state index contributed by atoms with van der Waals surface area (Å²) >= 11 is 0. The highest BCUT2D eigenvalue weighted by Crippen LogP contribution is 2.28. The summed E-state index contributed by atoms with van der Waals surface area (Å²) in [7, 11) is 0. The van der Waals surface area contributed by atoms with Gasteiger partial charge >= 0.3 is 0 Å². The fraction of sp³-hybridized carbons (Fsp3) is 0.350. The number of pyridine rings is 1. The van der Waals surface area contributed by atoms with Crippen LogP contribution in [-0.2, 0) is 4.79 Å². The van der Waals surface area contributed by atoms with Crippen molar-refractivity contribution >= 4 is 17.6 Å². The molecule has 3 heterocycles. The summed E-state index contributed by atoms with van der Waals surface area (Å²) in [6.07, 6.45) is 3.35. The molecule has 140 valence electrons. The molecule has 3 N–H and O–H groups in total. The highest BCUT2D eigenvalue weighted by Gasteiger charge is 2.39. The molecule has 0 aliphatic carbocycles. The van der Waals surface area contributed by atoms with Crippen LogP contribution in [0, 0.1) is 0 Å². The smallest absolute Gasteiger partial charge is 0.251 e. The van der Waals surface area contributed by atoms with Gasteiger partial charge in [-0.25, -0.2) is 0 Å². The number of fused-ring (bicyclic) bond motifs is 2. The summed E-state index contributed by atoms with van der Waals surface area (Å²) < 4.78 is 5.70. The Kier molecular flexibility index (Phi) is 4.77. The number of benzene rings is 1. The van der Waals surface area contributed by atoms with Crippen molar-refractivity contribution in [2.24, 2.45) is 0 Å². The molecule has 7 nitrogen and oxygen atoms in total. The van der Waals surface area contributed by atoms with E-state index < -0.39 is 0 Å². The monoisotopic (exact) mass is 366 g/mol. The first-order valence-corrected chi connectivity index (χ1v) is 9.16. The lowest BCUT2D eigenvalue weighted by Gasteiger charge is -2.21. The van der Waals surface area contributed by atoms with Crippen LogP contribution in [-0.4, -0.2) is 34.9 Å². The number of hydrogen-bond acceptors (Lipinski definition) is 5. The van der Waals surface area contributed by atoms with Gasteiger partial charge < -0.3 is 20.7 Å². The highest BCUT2D eigenvalue weighted by atomic mass is 16.5. The molecule has 27 heavy (non-hydrogen) atoms. The Bertz CT molecular complexity index is 853. The van der Waals surface area contributed by atoms with Crippen molar-refractivity contribution in [2.75, 3.05) is 5.32 Å². The van der Waals surface area contributed by atoms with Gasteiger partial charge in [-0.15, -0.1) is 0 Å². The number of amides is 2. The number of nitrogens with one attached hydrogen (secondary N) is 3. The molecule has 0 radical (unpaired) electrons. The largest absolute Gasteiger partial charge is 0.439 e. The Morgan fingerprint density at radius 3 is 2.63 bits per heavy atom. The van der Waals surface area contributed by atoms with Crippen LogP contribution in [0.5, 0.6) is 11.6 Å². The molecule has 1 aromatic heterocycles. The van der Waals surface area contributed by atoms with E-state index in [0.29, 0.717) is 35.1 Å². The van der Waals surface area contributed by atoms with E-state index in [-0.39, 0.29) is 17.9 Å². The molecule has 2 aliphatic rings. The lowest BCUT2D eigenvalue weighted by Crippen LogP contribution is -2.42. The fourth-order valence-corrected chi connectivity index (χ4v) is 3.75. The third-order valence-corrected chi connectivity index (χ3v) is 4.98. The predicted octanol–water partition coefficient (Wildman–Crippen LogP) is 2.46. The van der Waals surface area contributed by atoms with Crippen molar-refractivity contribution in [2.45, 2.75) is 44.3 Å². The molecule has 2 bridgehead atoms. The second-order valence-electron chi connectivity index (χ2n) is 7.03. The Hall–Kier alpha value is -2.93. The van der Waals surface area contributed by atoms with Gasteiger partial charge in [0.1, 0.15) is 11.6 Å². The lowest BCUT2D eigenvalue weighted by atomic mass is 9.95. The number of carbonyl (C=O) groups is 2.